The molecule has 1 aromatic heterocycles. The largest absolute Gasteiger partial charge is 0.495 e. The number of sulfonamides is 1. The molecule has 23 heavy (non-hydrogen) atoms. The van der Waals surface area contributed by atoms with E-state index in [0.29, 0.717) is 0 Å². The van der Waals surface area contributed by atoms with E-state index in [-0.39, 0.29) is 22.4 Å². The van der Waals surface area contributed by atoms with Crippen LogP contribution < -0.4 is 4.74 Å². The third-order valence-electron chi connectivity index (χ3n) is 3.52. The molecule has 1 unspecified atom stereocenters. The van der Waals surface area contributed by atoms with Gasteiger partial charge in [-0.3, -0.25) is 10.1 Å². The minimum absolute atomic E-state index is 0.0515. The molecular formula is C14H16N2O5S2. The van der Waals surface area contributed by atoms with E-state index in [4.69, 9.17) is 4.74 Å². The Morgan fingerprint density at radius 3 is 2.57 bits per heavy atom. The molecule has 2 aromatic rings. The van der Waals surface area contributed by atoms with Crippen LogP contribution in [0.5, 0.6) is 5.75 Å². The summed E-state index contributed by atoms with van der Waals surface area (Å²) in [5, 5.41) is 12.7. The normalized spacial score (nSPS) is 13.0. The van der Waals surface area contributed by atoms with Crippen LogP contribution in [0.4, 0.5) is 5.69 Å². The van der Waals surface area contributed by atoms with Crippen molar-refractivity contribution < 1.29 is 18.1 Å². The molecule has 0 N–H and O–H groups in total. The van der Waals surface area contributed by atoms with Gasteiger partial charge < -0.3 is 4.74 Å². The van der Waals surface area contributed by atoms with Gasteiger partial charge in [-0.15, -0.1) is 11.3 Å². The molecule has 0 aliphatic heterocycles. The summed E-state index contributed by atoms with van der Waals surface area (Å²) < 4.78 is 31.9. The summed E-state index contributed by atoms with van der Waals surface area (Å²) in [6.07, 6.45) is 0. The second kappa shape index (κ2) is 6.65. The van der Waals surface area contributed by atoms with Crippen LogP contribution in [0, 0.1) is 10.1 Å². The topological polar surface area (TPSA) is 89.7 Å². The first-order valence-electron chi connectivity index (χ1n) is 6.63. The van der Waals surface area contributed by atoms with Crippen molar-refractivity contribution in [3.63, 3.8) is 0 Å². The summed E-state index contributed by atoms with van der Waals surface area (Å²) in [5.41, 5.74) is -0.227. The molecule has 0 radical (unpaired) electrons. The molecule has 9 heteroatoms. The molecule has 1 heterocycles. The Balaban J connectivity index is 2.45. The fourth-order valence-electron chi connectivity index (χ4n) is 2.05. The maximum absolute atomic E-state index is 12.8. The highest BCUT2D eigenvalue weighted by atomic mass is 32.2. The van der Waals surface area contributed by atoms with Gasteiger partial charge in [0.1, 0.15) is 10.6 Å². The van der Waals surface area contributed by atoms with Crippen molar-refractivity contribution in [2.45, 2.75) is 17.9 Å². The number of methoxy groups -OCH3 is 1. The Bertz CT molecular complexity index is 803. The fourth-order valence-corrected chi connectivity index (χ4v) is 4.42. The van der Waals surface area contributed by atoms with Gasteiger partial charge in [0.05, 0.1) is 24.1 Å². The monoisotopic (exact) mass is 356 g/mol. The standard InChI is InChI=1S/C14H16N2O5S2/c1-10(13-5-4-8-22-13)15(2)23(19,20)14-7-6-11(16(17)18)9-12(14)21-3/h4-10H,1-3H3. The second-order valence-electron chi connectivity index (χ2n) is 4.80. The molecule has 2 rings (SSSR count). The minimum Gasteiger partial charge on any atom is -0.495 e. The van der Waals surface area contributed by atoms with E-state index in [1.165, 1.54) is 35.9 Å². The van der Waals surface area contributed by atoms with Crippen LogP contribution in [-0.2, 0) is 10.0 Å². The van der Waals surface area contributed by atoms with Crippen LogP contribution in [0.1, 0.15) is 17.8 Å². The second-order valence-corrected chi connectivity index (χ2v) is 7.75. The Morgan fingerprint density at radius 1 is 1.35 bits per heavy atom. The molecule has 0 fully saturated rings. The van der Waals surface area contributed by atoms with Crippen LogP contribution in [0.2, 0.25) is 0 Å². The number of hydrogen-bond donors (Lipinski definition) is 0. The molecule has 124 valence electrons. The van der Waals surface area contributed by atoms with E-state index in [0.717, 1.165) is 17.0 Å². The van der Waals surface area contributed by atoms with Crippen LogP contribution >= 0.6 is 11.3 Å². The highest BCUT2D eigenvalue weighted by Crippen LogP contribution is 2.34. The van der Waals surface area contributed by atoms with Gasteiger partial charge in [-0.05, 0) is 24.4 Å². The summed E-state index contributed by atoms with van der Waals surface area (Å²) in [7, 11) is -1.11. The third kappa shape index (κ3) is 3.36. The molecule has 0 saturated heterocycles. The SMILES string of the molecule is COc1cc([N+](=O)[O-])ccc1S(=O)(=O)N(C)C(C)c1cccs1. The number of non-ortho nitro benzene ring substituents is 1. The maximum atomic E-state index is 12.8. The van der Waals surface area contributed by atoms with Crippen molar-refractivity contribution in [1.82, 2.24) is 4.31 Å². The number of ether oxygens (including phenoxy) is 1. The quantitative estimate of drug-likeness (QED) is 0.586. The minimum atomic E-state index is -3.86. The predicted octanol–water partition coefficient (Wildman–Crippen LogP) is 3.05. The van der Waals surface area contributed by atoms with E-state index in [2.05, 4.69) is 0 Å². The van der Waals surface area contributed by atoms with Crippen LogP contribution in [0.15, 0.2) is 40.6 Å². The maximum Gasteiger partial charge on any atom is 0.273 e. The Hall–Kier alpha value is -1.97. The lowest BCUT2D eigenvalue weighted by Gasteiger charge is -2.24. The summed E-state index contributed by atoms with van der Waals surface area (Å²) >= 11 is 1.46. The van der Waals surface area contributed by atoms with Crippen LogP contribution in [0.3, 0.4) is 0 Å². The van der Waals surface area contributed by atoms with Crippen molar-refractivity contribution in [3.8, 4) is 5.75 Å². The molecule has 0 bridgehead atoms. The highest BCUT2D eigenvalue weighted by Gasteiger charge is 2.30. The summed E-state index contributed by atoms with van der Waals surface area (Å²) in [4.78, 5) is 11.0. The lowest BCUT2D eigenvalue weighted by Crippen LogP contribution is -2.29. The van der Waals surface area contributed by atoms with Crippen molar-refractivity contribution in [2.75, 3.05) is 14.2 Å². The molecule has 0 spiro atoms. The van der Waals surface area contributed by atoms with Crippen molar-refractivity contribution in [1.29, 1.82) is 0 Å². The molecule has 0 aliphatic carbocycles. The number of benzene rings is 1. The van der Waals surface area contributed by atoms with Gasteiger partial charge in [0.15, 0.2) is 0 Å². The molecule has 1 atom stereocenters. The summed E-state index contributed by atoms with van der Waals surface area (Å²) in [6, 6.07) is 6.80. The average Bonchev–Trinajstić information content (AvgIpc) is 3.06. The molecule has 0 amide bonds. The number of rotatable bonds is 6. The van der Waals surface area contributed by atoms with Crippen molar-refractivity contribution in [2.24, 2.45) is 0 Å². The van der Waals surface area contributed by atoms with Gasteiger partial charge in [-0.2, -0.15) is 4.31 Å². The first kappa shape index (κ1) is 17.4. The number of nitro groups is 1. The number of hydrogen-bond acceptors (Lipinski definition) is 6. The van der Waals surface area contributed by atoms with Gasteiger partial charge in [-0.1, -0.05) is 6.07 Å². The van der Waals surface area contributed by atoms with Gasteiger partial charge >= 0.3 is 0 Å². The highest BCUT2D eigenvalue weighted by molar-refractivity contribution is 7.89. The number of thiophene rings is 1. The Kier molecular flexibility index (Phi) is 5.03. The van der Waals surface area contributed by atoms with Gasteiger partial charge in [-0.25, -0.2) is 8.42 Å². The molecular weight excluding hydrogens is 340 g/mol. The third-order valence-corrected chi connectivity index (χ3v) is 6.53. The fraction of sp³-hybridized carbons (Fsp3) is 0.286. The smallest absolute Gasteiger partial charge is 0.273 e. The first-order valence-corrected chi connectivity index (χ1v) is 8.95. The van der Waals surface area contributed by atoms with Gasteiger partial charge in [0, 0.05) is 18.0 Å². The van der Waals surface area contributed by atoms with E-state index < -0.39 is 14.9 Å². The van der Waals surface area contributed by atoms with Crippen LogP contribution in [0.25, 0.3) is 0 Å². The molecule has 0 aliphatic rings. The molecule has 0 saturated carbocycles. The zero-order chi connectivity index (χ0) is 17.2. The number of nitro benzene ring substituents is 1. The Morgan fingerprint density at radius 2 is 2.04 bits per heavy atom. The van der Waals surface area contributed by atoms with Crippen LogP contribution in [-0.4, -0.2) is 31.8 Å². The molecule has 1 aromatic carbocycles. The Labute approximate surface area is 138 Å². The predicted molar refractivity (Wildman–Crippen MR) is 87.3 cm³/mol. The zero-order valence-electron chi connectivity index (χ0n) is 12.8. The van der Waals surface area contributed by atoms with Crippen molar-refractivity contribution in [3.05, 3.63) is 50.7 Å². The zero-order valence-corrected chi connectivity index (χ0v) is 14.4. The lowest BCUT2D eigenvalue weighted by molar-refractivity contribution is -0.385. The summed E-state index contributed by atoms with van der Waals surface area (Å²) in [5.74, 6) is -0.0515. The summed E-state index contributed by atoms with van der Waals surface area (Å²) in [6.45, 7) is 1.78. The van der Waals surface area contributed by atoms with E-state index in [9.17, 15) is 18.5 Å². The van der Waals surface area contributed by atoms with E-state index >= 15 is 0 Å². The first-order chi connectivity index (χ1) is 10.8. The number of nitrogens with zero attached hydrogens (tertiary/aromatic N) is 2. The van der Waals surface area contributed by atoms with E-state index in [1.54, 1.807) is 6.92 Å². The van der Waals surface area contributed by atoms with E-state index in [1.807, 2.05) is 17.5 Å². The average molecular weight is 356 g/mol. The van der Waals surface area contributed by atoms with Gasteiger partial charge in [0.2, 0.25) is 10.0 Å². The lowest BCUT2D eigenvalue weighted by atomic mass is 10.3. The van der Waals surface area contributed by atoms with Crippen molar-refractivity contribution >= 4 is 27.0 Å². The molecule has 7 nitrogen and oxygen atoms in total. The van der Waals surface area contributed by atoms with Gasteiger partial charge in [0.25, 0.3) is 5.69 Å².